The lowest BCUT2D eigenvalue weighted by atomic mass is 9.74. The Bertz CT molecular complexity index is 2150. The number of carbonyl (C=O) groups is 2. The molecule has 2 amide bonds. The molecule has 3 heterocycles. The molecule has 298 valence electrons. The van der Waals surface area contributed by atoms with Crippen LogP contribution in [0.5, 0.6) is 0 Å². The summed E-state index contributed by atoms with van der Waals surface area (Å²) < 4.78 is 103. The molecule has 4 aromatic rings. The molecule has 2 aliphatic carbocycles. The third-order valence-electron chi connectivity index (χ3n) is 10.2. The van der Waals surface area contributed by atoms with Gasteiger partial charge in [-0.2, -0.15) is 46.7 Å². The number of carbonyl (C=O) groups excluding carboxylic acids is 2. The summed E-state index contributed by atoms with van der Waals surface area (Å²) in [5, 5.41) is 25.9. The third-order valence-corrected chi connectivity index (χ3v) is 10.5. The van der Waals surface area contributed by atoms with E-state index in [1.54, 1.807) is 23.1 Å². The van der Waals surface area contributed by atoms with Crippen LogP contribution in [0.4, 0.5) is 35.5 Å². The molecular formula is C35H34ClF7N10O3. The number of amides is 2. The largest absolute Gasteiger partial charge is 0.447 e. The van der Waals surface area contributed by atoms with E-state index in [1.807, 2.05) is 5.32 Å². The number of rotatable bonds is 13. The van der Waals surface area contributed by atoms with Gasteiger partial charge >= 0.3 is 18.8 Å². The highest BCUT2D eigenvalue weighted by Crippen LogP contribution is 2.49. The van der Waals surface area contributed by atoms with Crippen molar-refractivity contribution in [3.8, 4) is 22.6 Å². The lowest BCUT2D eigenvalue weighted by Gasteiger charge is -2.36. The molecule has 2 saturated carbocycles. The van der Waals surface area contributed by atoms with E-state index in [2.05, 4.69) is 25.6 Å². The van der Waals surface area contributed by atoms with E-state index in [4.69, 9.17) is 21.7 Å². The minimum absolute atomic E-state index is 0.0101. The Morgan fingerprint density at radius 2 is 1.79 bits per heavy atom. The Hall–Kier alpha value is -5.27. The smallest absolute Gasteiger partial charge is 0.411 e. The number of nitrogens with one attached hydrogen (secondary N) is 3. The van der Waals surface area contributed by atoms with E-state index < -0.39 is 78.5 Å². The van der Waals surface area contributed by atoms with Gasteiger partial charge < -0.3 is 15.4 Å². The quantitative estimate of drug-likeness (QED) is 0.118. The number of hydrogen-bond acceptors (Lipinski definition) is 8. The fourth-order valence-electron chi connectivity index (χ4n) is 6.73. The van der Waals surface area contributed by atoms with E-state index in [0.717, 1.165) is 24.1 Å². The maximum absolute atomic E-state index is 14.9. The molecule has 7 rings (SSSR count). The number of alkyl halides is 7. The maximum Gasteiger partial charge on any atom is 0.411 e. The zero-order chi connectivity index (χ0) is 40.4. The van der Waals surface area contributed by atoms with Gasteiger partial charge in [0.1, 0.15) is 29.7 Å². The molecule has 21 heteroatoms. The predicted molar refractivity (Wildman–Crippen MR) is 184 cm³/mol. The van der Waals surface area contributed by atoms with Crippen LogP contribution in [0, 0.1) is 10.8 Å². The Morgan fingerprint density at radius 3 is 2.39 bits per heavy atom. The number of nitrogens with zero attached hydrogens (tertiary/aromatic N) is 7. The monoisotopic (exact) mass is 810 g/mol. The van der Waals surface area contributed by atoms with Gasteiger partial charge in [-0.15, -0.1) is 0 Å². The molecule has 1 aliphatic heterocycles. The molecule has 13 nitrogen and oxygen atoms in total. The second-order valence-electron chi connectivity index (χ2n) is 14.7. The molecule has 2 aromatic heterocycles. The number of hydrogen-bond donors (Lipinski definition) is 3. The summed E-state index contributed by atoms with van der Waals surface area (Å²) in [5.74, 6) is -1.97. The van der Waals surface area contributed by atoms with Crippen molar-refractivity contribution in [1.29, 1.82) is 5.41 Å². The second kappa shape index (κ2) is 14.0. The van der Waals surface area contributed by atoms with Crippen molar-refractivity contribution < 1.29 is 45.1 Å². The van der Waals surface area contributed by atoms with E-state index >= 15 is 0 Å². The molecule has 3 N–H and O–H groups in total. The van der Waals surface area contributed by atoms with Crippen LogP contribution < -0.4 is 10.6 Å². The van der Waals surface area contributed by atoms with E-state index in [9.17, 15) is 40.3 Å². The van der Waals surface area contributed by atoms with Gasteiger partial charge in [0.15, 0.2) is 11.8 Å². The van der Waals surface area contributed by atoms with Crippen molar-refractivity contribution in [2.75, 3.05) is 6.61 Å². The van der Waals surface area contributed by atoms with Gasteiger partial charge in [-0.1, -0.05) is 55.8 Å². The highest BCUT2D eigenvalue weighted by Gasteiger charge is 2.65. The summed E-state index contributed by atoms with van der Waals surface area (Å²) in [6.07, 6.45) is -6.21. The second-order valence-corrected chi connectivity index (χ2v) is 15.2. The summed E-state index contributed by atoms with van der Waals surface area (Å²) in [6, 6.07) is 8.78. The molecule has 3 fully saturated rings. The van der Waals surface area contributed by atoms with Crippen LogP contribution in [0.3, 0.4) is 0 Å². The third kappa shape index (κ3) is 7.14. The number of ether oxygens (including phenoxy) is 1. The summed E-state index contributed by atoms with van der Waals surface area (Å²) in [5.41, 5.74) is -5.15. The Morgan fingerprint density at radius 1 is 1.09 bits per heavy atom. The molecule has 56 heavy (non-hydrogen) atoms. The molecule has 0 spiro atoms. The fraction of sp³-hybridized carbons (Fsp3) is 0.457. The normalized spacial score (nSPS) is 20.1. The first-order valence-corrected chi connectivity index (χ1v) is 17.7. The highest BCUT2D eigenvalue weighted by molar-refractivity contribution is 6.33. The topological polar surface area (TPSA) is 156 Å². The van der Waals surface area contributed by atoms with Crippen LogP contribution in [-0.2, 0) is 15.1 Å². The number of halogens is 8. The van der Waals surface area contributed by atoms with Crippen molar-refractivity contribution in [1.82, 2.24) is 45.3 Å². The molecular weight excluding hydrogens is 777 g/mol. The zero-order valence-electron chi connectivity index (χ0n) is 29.6. The van der Waals surface area contributed by atoms with Gasteiger partial charge in [-0.05, 0) is 55.4 Å². The number of aromatic nitrogens is 6. The van der Waals surface area contributed by atoms with Crippen molar-refractivity contribution in [2.45, 2.75) is 88.3 Å². The summed E-state index contributed by atoms with van der Waals surface area (Å²) >= 11 is 6.40. The average Bonchev–Trinajstić information content (AvgIpc) is 4.01. The standard InChI is InChI=1S/C35H34ClF7N10O3/c1-32(2,27(37)38)16-34(20-6-3-18(4-7-20)24-14-46-53(50-24)21-8-9-21)28(54)51(30(44)48-34)25(15-56-31(55)49-33(11-12-33)35(41,42)43)19-5-10-23(36)22(13-19)26-45-17-47-52(26)29(39)40/h3-7,10,13-14,17,21,25,27,29H,8-9,11-12,15-16H2,1-2H3,(H2,44,48)(H,49,55)/t25-,34-/m1/s1. The lowest BCUT2D eigenvalue weighted by Crippen LogP contribution is -2.49. The van der Waals surface area contributed by atoms with Gasteiger partial charge in [0, 0.05) is 16.5 Å². The first kappa shape index (κ1) is 39.0. The van der Waals surface area contributed by atoms with Crippen LogP contribution in [0.1, 0.15) is 75.7 Å². The first-order chi connectivity index (χ1) is 26.4. The minimum Gasteiger partial charge on any atom is -0.447 e. The number of alkyl carbamates (subject to hydrolysis) is 1. The highest BCUT2D eigenvalue weighted by atomic mass is 35.5. The zero-order valence-corrected chi connectivity index (χ0v) is 30.4. The minimum atomic E-state index is -4.78. The summed E-state index contributed by atoms with van der Waals surface area (Å²) in [7, 11) is 0. The van der Waals surface area contributed by atoms with E-state index in [0.29, 0.717) is 11.3 Å². The van der Waals surface area contributed by atoms with Crippen LogP contribution >= 0.6 is 11.6 Å². The van der Waals surface area contributed by atoms with Crippen molar-refractivity contribution >= 4 is 29.6 Å². The van der Waals surface area contributed by atoms with Gasteiger partial charge in [-0.25, -0.2) is 18.6 Å². The Kier molecular flexibility index (Phi) is 9.77. The number of benzene rings is 2. The molecule has 0 radical (unpaired) electrons. The van der Waals surface area contributed by atoms with Gasteiger partial charge in [-0.3, -0.25) is 15.1 Å². The average molecular weight is 811 g/mol. The molecule has 0 bridgehead atoms. The fourth-order valence-corrected chi connectivity index (χ4v) is 6.93. The Labute approximate surface area is 319 Å². The Balaban J connectivity index is 1.28. The lowest BCUT2D eigenvalue weighted by molar-refractivity contribution is -0.164. The molecule has 0 unspecified atom stereocenters. The van der Waals surface area contributed by atoms with Crippen molar-refractivity contribution in [2.24, 2.45) is 5.41 Å². The van der Waals surface area contributed by atoms with E-state index in [-0.39, 0.29) is 45.3 Å². The van der Waals surface area contributed by atoms with Gasteiger partial charge in [0.05, 0.1) is 23.3 Å². The van der Waals surface area contributed by atoms with Crippen LogP contribution in [-0.4, -0.2) is 77.4 Å². The SMILES string of the molecule is CC(C)(C[C@]1(c2ccc(-c3cnn(C4CC4)n3)cc2)NC(=N)N([C@H](COC(=O)NC2(C(F)(F)F)CC2)c2ccc(Cl)c(-c3ncnn3C(F)F)c2)C1=O)C(F)F. The van der Waals surface area contributed by atoms with E-state index in [1.165, 1.54) is 44.2 Å². The van der Waals surface area contributed by atoms with Gasteiger partial charge in [0.2, 0.25) is 6.43 Å². The van der Waals surface area contributed by atoms with Crippen LogP contribution in [0.25, 0.3) is 22.6 Å². The predicted octanol–water partition coefficient (Wildman–Crippen LogP) is 7.39. The van der Waals surface area contributed by atoms with Gasteiger partial charge in [0.25, 0.3) is 5.91 Å². The molecule has 2 atom stereocenters. The molecule has 3 aliphatic rings. The van der Waals surface area contributed by atoms with Crippen molar-refractivity contribution in [3.63, 3.8) is 0 Å². The van der Waals surface area contributed by atoms with Crippen molar-refractivity contribution in [3.05, 3.63) is 71.1 Å². The van der Waals surface area contributed by atoms with Crippen LogP contribution in [0.2, 0.25) is 5.02 Å². The summed E-state index contributed by atoms with van der Waals surface area (Å²) in [4.78, 5) is 34.1. The molecule has 1 saturated heterocycles. The first-order valence-electron chi connectivity index (χ1n) is 17.4. The molecule has 2 aromatic carbocycles. The summed E-state index contributed by atoms with van der Waals surface area (Å²) in [6.45, 7) is -1.53. The number of guanidine groups is 1. The maximum atomic E-state index is 14.9. The van der Waals surface area contributed by atoms with Crippen LogP contribution in [0.15, 0.2) is 55.0 Å².